The lowest BCUT2D eigenvalue weighted by Crippen LogP contribution is -2.46. The van der Waals surface area contributed by atoms with Gasteiger partial charge in [-0.25, -0.2) is 0 Å². The number of aromatic amines is 1. The van der Waals surface area contributed by atoms with E-state index in [1.807, 2.05) is 42.7 Å². The van der Waals surface area contributed by atoms with E-state index in [1.165, 1.54) is 20.8 Å². The lowest BCUT2D eigenvalue weighted by atomic mass is 10.1. The van der Waals surface area contributed by atoms with Gasteiger partial charge in [-0.05, 0) is 37.6 Å². The Kier molecular flexibility index (Phi) is 4.60. The maximum absolute atomic E-state index is 12.5. The Morgan fingerprint density at radius 1 is 1.03 bits per heavy atom. The molecule has 4 heterocycles. The van der Waals surface area contributed by atoms with E-state index in [1.54, 1.807) is 0 Å². The van der Waals surface area contributed by atoms with E-state index in [2.05, 4.69) is 44.9 Å². The molecule has 0 atom stereocenters. The zero-order valence-electron chi connectivity index (χ0n) is 16.7. The fourth-order valence-electron chi connectivity index (χ4n) is 4.13. The van der Waals surface area contributed by atoms with Gasteiger partial charge in [0.05, 0.1) is 22.1 Å². The van der Waals surface area contributed by atoms with Crippen molar-refractivity contribution in [1.82, 2.24) is 14.9 Å². The number of pyridine rings is 2. The Labute approximate surface area is 173 Å². The number of anilines is 1. The molecule has 4 aromatic rings. The fourth-order valence-corrected chi connectivity index (χ4v) is 5.47. The van der Waals surface area contributed by atoms with Crippen molar-refractivity contribution in [2.45, 2.75) is 20.4 Å². The Balaban J connectivity index is 1.37. The predicted molar refractivity (Wildman–Crippen MR) is 121 cm³/mol. The molecule has 0 bridgehead atoms. The van der Waals surface area contributed by atoms with Crippen LogP contribution >= 0.6 is 11.3 Å². The minimum absolute atomic E-state index is 0.000807. The summed E-state index contributed by atoms with van der Waals surface area (Å²) in [6.07, 6.45) is 1.97. The number of hydrogen-bond acceptors (Lipinski definition) is 5. The smallest absolute Gasteiger partial charge is 0.256 e. The van der Waals surface area contributed by atoms with Gasteiger partial charge in [0.25, 0.3) is 5.56 Å². The first-order valence-corrected chi connectivity index (χ1v) is 10.8. The second kappa shape index (κ2) is 7.28. The number of nitrogens with zero attached hydrogens (tertiary/aromatic N) is 3. The standard InChI is InChI=1S/C23H24N4OS/c1-15-7-8-17(13-24-15)27-11-9-26(10-12-27)14-20-16(2)21-22(29-20)18-5-3-4-6-19(18)23(28)25-21/h3-8,13H,9-12,14H2,1-2H3,(H,25,28). The summed E-state index contributed by atoms with van der Waals surface area (Å²) in [7, 11) is 0. The third-order valence-corrected chi connectivity index (χ3v) is 7.21. The molecule has 0 spiro atoms. The van der Waals surface area contributed by atoms with Crippen LogP contribution in [0.2, 0.25) is 0 Å². The third-order valence-electron chi connectivity index (χ3n) is 5.90. The number of thiophene rings is 1. The van der Waals surface area contributed by atoms with E-state index in [0.717, 1.165) is 54.7 Å². The summed E-state index contributed by atoms with van der Waals surface area (Å²) in [5, 5.41) is 1.83. The van der Waals surface area contributed by atoms with Crippen molar-refractivity contribution < 1.29 is 0 Å². The highest BCUT2D eigenvalue weighted by Crippen LogP contribution is 2.34. The van der Waals surface area contributed by atoms with Crippen LogP contribution in [0.25, 0.3) is 21.0 Å². The van der Waals surface area contributed by atoms with E-state index in [-0.39, 0.29) is 5.56 Å². The highest BCUT2D eigenvalue weighted by atomic mass is 32.1. The Hall–Kier alpha value is -2.70. The van der Waals surface area contributed by atoms with Crippen molar-refractivity contribution in [3.05, 3.63) is 69.1 Å². The van der Waals surface area contributed by atoms with Crippen LogP contribution in [0.5, 0.6) is 0 Å². The molecule has 0 amide bonds. The van der Waals surface area contributed by atoms with Crippen LogP contribution in [-0.2, 0) is 6.54 Å². The van der Waals surface area contributed by atoms with E-state index in [4.69, 9.17) is 0 Å². The Bertz CT molecular complexity index is 1230. The SMILES string of the molecule is Cc1ccc(N2CCN(Cc3sc4c([nH]c(=O)c5ccccc54)c3C)CC2)cn1. The third kappa shape index (κ3) is 3.32. The van der Waals surface area contributed by atoms with Gasteiger partial charge >= 0.3 is 0 Å². The van der Waals surface area contributed by atoms with Crippen molar-refractivity contribution in [2.24, 2.45) is 0 Å². The van der Waals surface area contributed by atoms with Crippen LogP contribution < -0.4 is 10.5 Å². The predicted octanol–water partition coefficient (Wildman–Crippen LogP) is 4.08. The number of nitrogens with one attached hydrogen (secondary N) is 1. The van der Waals surface area contributed by atoms with Gasteiger partial charge in [-0.2, -0.15) is 0 Å². The van der Waals surface area contributed by atoms with Crippen LogP contribution in [0.1, 0.15) is 16.1 Å². The van der Waals surface area contributed by atoms with Gasteiger partial charge in [-0.3, -0.25) is 14.7 Å². The number of benzene rings is 1. The van der Waals surface area contributed by atoms with Gasteiger partial charge in [-0.15, -0.1) is 11.3 Å². The van der Waals surface area contributed by atoms with Crippen molar-refractivity contribution in [3.63, 3.8) is 0 Å². The topological polar surface area (TPSA) is 52.2 Å². The molecule has 1 fully saturated rings. The lowest BCUT2D eigenvalue weighted by Gasteiger charge is -2.35. The summed E-state index contributed by atoms with van der Waals surface area (Å²) in [5.74, 6) is 0. The molecule has 0 aliphatic carbocycles. The van der Waals surface area contributed by atoms with E-state index < -0.39 is 0 Å². The minimum Gasteiger partial charge on any atom is -0.368 e. The second-order valence-electron chi connectivity index (χ2n) is 7.78. The number of aromatic nitrogens is 2. The molecule has 0 saturated carbocycles. The van der Waals surface area contributed by atoms with Gasteiger partial charge in [-0.1, -0.05) is 18.2 Å². The molecule has 1 N–H and O–H groups in total. The summed E-state index contributed by atoms with van der Waals surface area (Å²) in [4.78, 5) is 26.3. The molecule has 29 heavy (non-hydrogen) atoms. The minimum atomic E-state index is 0.000807. The van der Waals surface area contributed by atoms with Gasteiger partial charge < -0.3 is 9.88 Å². The van der Waals surface area contributed by atoms with E-state index >= 15 is 0 Å². The molecule has 5 rings (SSSR count). The number of fused-ring (bicyclic) bond motifs is 3. The van der Waals surface area contributed by atoms with Crippen molar-refractivity contribution in [3.8, 4) is 0 Å². The summed E-state index contributed by atoms with van der Waals surface area (Å²) in [6.45, 7) is 9.15. The maximum Gasteiger partial charge on any atom is 0.256 e. The average Bonchev–Trinajstić information content (AvgIpc) is 3.05. The van der Waals surface area contributed by atoms with Crippen LogP contribution in [0.15, 0.2) is 47.4 Å². The lowest BCUT2D eigenvalue weighted by molar-refractivity contribution is 0.251. The zero-order valence-corrected chi connectivity index (χ0v) is 17.6. The quantitative estimate of drug-likeness (QED) is 0.559. The molecule has 1 aliphatic heterocycles. The molecule has 3 aromatic heterocycles. The largest absolute Gasteiger partial charge is 0.368 e. The van der Waals surface area contributed by atoms with Crippen LogP contribution in [0, 0.1) is 13.8 Å². The molecule has 1 saturated heterocycles. The first-order chi connectivity index (χ1) is 14.1. The van der Waals surface area contributed by atoms with Crippen molar-refractivity contribution in [2.75, 3.05) is 31.1 Å². The van der Waals surface area contributed by atoms with Gasteiger partial charge in [0.15, 0.2) is 0 Å². The summed E-state index contributed by atoms with van der Waals surface area (Å²) >= 11 is 1.82. The van der Waals surface area contributed by atoms with E-state index in [9.17, 15) is 4.79 Å². The number of rotatable bonds is 3. The second-order valence-corrected chi connectivity index (χ2v) is 8.88. The van der Waals surface area contributed by atoms with Gasteiger partial charge in [0, 0.05) is 54.1 Å². The molecule has 148 valence electrons. The molecule has 5 nitrogen and oxygen atoms in total. The summed E-state index contributed by atoms with van der Waals surface area (Å²) in [6, 6.07) is 12.1. The first kappa shape index (κ1) is 18.3. The maximum atomic E-state index is 12.5. The first-order valence-electron chi connectivity index (χ1n) is 10.0. The molecular weight excluding hydrogens is 380 g/mol. The molecule has 0 unspecified atom stereocenters. The van der Waals surface area contributed by atoms with Gasteiger partial charge in [0.2, 0.25) is 0 Å². The molecule has 6 heteroatoms. The summed E-state index contributed by atoms with van der Waals surface area (Å²) < 4.78 is 1.19. The average molecular weight is 405 g/mol. The van der Waals surface area contributed by atoms with Gasteiger partial charge in [0.1, 0.15) is 0 Å². The number of H-pyrrole nitrogens is 1. The number of piperazine rings is 1. The molecule has 1 aromatic carbocycles. The van der Waals surface area contributed by atoms with Crippen LogP contribution in [0.4, 0.5) is 5.69 Å². The Morgan fingerprint density at radius 2 is 1.79 bits per heavy atom. The highest BCUT2D eigenvalue weighted by Gasteiger charge is 2.20. The number of hydrogen-bond donors (Lipinski definition) is 1. The zero-order chi connectivity index (χ0) is 20.0. The normalized spacial score (nSPS) is 15.4. The van der Waals surface area contributed by atoms with Crippen LogP contribution in [0.3, 0.4) is 0 Å². The molecular formula is C23H24N4OS. The van der Waals surface area contributed by atoms with Crippen LogP contribution in [-0.4, -0.2) is 41.0 Å². The summed E-state index contributed by atoms with van der Waals surface area (Å²) in [5.41, 5.74) is 4.47. The molecule has 1 aliphatic rings. The van der Waals surface area contributed by atoms with E-state index in [0.29, 0.717) is 0 Å². The van der Waals surface area contributed by atoms with Crippen molar-refractivity contribution >= 4 is 38.0 Å². The highest BCUT2D eigenvalue weighted by molar-refractivity contribution is 7.20. The Morgan fingerprint density at radius 3 is 2.52 bits per heavy atom. The number of aryl methyl sites for hydroxylation is 2. The monoisotopic (exact) mass is 404 g/mol. The van der Waals surface area contributed by atoms with Crippen molar-refractivity contribution in [1.29, 1.82) is 0 Å². The molecule has 0 radical (unpaired) electrons. The fraction of sp³-hybridized carbons (Fsp3) is 0.304.